The summed E-state index contributed by atoms with van der Waals surface area (Å²) in [5.74, 6) is 0.623. The molecule has 0 saturated carbocycles. The summed E-state index contributed by atoms with van der Waals surface area (Å²) in [5.41, 5.74) is 3.91. The van der Waals surface area contributed by atoms with Gasteiger partial charge in [-0.25, -0.2) is 13.1 Å². The Kier molecular flexibility index (Phi) is 6.18. The number of hydrogen-bond acceptors (Lipinski definition) is 6. The first-order chi connectivity index (χ1) is 15.4. The number of sulfonamides is 1. The summed E-state index contributed by atoms with van der Waals surface area (Å²) in [5, 5.41) is 22.9. The molecule has 32 heavy (non-hydrogen) atoms. The van der Waals surface area contributed by atoms with Gasteiger partial charge in [0.15, 0.2) is 5.82 Å². The number of benzene rings is 3. The molecule has 0 atom stereocenters. The van der Waals surface area contributed by atoms with Crippen molar-refractivity contribution in [1.29, 1.82) is 0 Å². The third-order valence-electron chi connectivity index (χ3n) is 5.16. The number of anilines is 2. The standard InChI is InChI=1S/C24H24N4O3S/c1-16-7-11-19(12-8-16)26-24-21-6-4-3-5-20(21)23(27-28-24)18-10-9-17(2)22(15-18)32(30,31)25-13-14-29/h3-12,15,25,29H,13-14H2,1-2H3,(H,26,28). The molecule has 0 amide bonds. The van der Waals surface area contributed by atoms with Gasteiger partial charge in [0.1, 0.15) is 5.69 Å². The predicted molar refractivity (Wildman–Crippen MR) is 126 cm³/mol. The molecule has 0 spiro atoms. The van der Waals surface area contributed by atoms with Crippen molar-refractivity contribution in [2.24, 2.45) is 0 Å². The SMILES string of the molecule is Cc1ccc(Nc2nnc(-c3ccc(C)c(S(=O)(=O)NCCO)c3)c3ccccc23)cc1. The van der Waals surface area contributed by atoms with Crippen molar-refractivity contribution in [2.75, 3.05) is 18.5 Å². The molecule has 4 aromatic rings. The van der Waals surface area contributed by atoms with Gasteiger partial charge in [-0.1, -0.05) is 54.1 Å². The van der Waals surface area contributed by atoms with Crippen LogP contribution in [0, 0.1) is 13.8 Å². The van der Waals surface area contributed by atoms with Gasteiger partial charge in [-0.05, 0) is 37.6 Å². The summed E-state index contributed by atoms with van der Waals surface area (Å²) >= 11 is 0. The van der Waals surface area contributed by atoms with E-state index in [0.29, 0.717) is 22.6 Å². The number of hydrogen-bond donors (Lipinski definition) is 3. The molecule has 3 aromatic carbocycles. The highest BCUT2D eigenvalue weighted by atomic mass is 32.2. The first-order valence-corrected chi connectivity index (χ1v) is 11.7. The molecule has 0 aliphatic heterocycles. The van der Waals surface area contributed by atoms with Crippen LogP contribution in [0.3, 0.4) is 0 Å². The van der Waals surface area contributed by atoms with E-state index in [1.165, 1.54) is 5.56 Å². The van der Waals surface area contributed by atoms with Crippen molar-refractivity contribution in [3.63, 3.8) is 0 Å². The van der Waals surface area contributed by atoms with Gasteiger partial charge in [-0.15, -0.1) is 10.2 Å². The highest BCUT2D eigenvalue weighted by Gasteiger charge is 2.19. The fourth-order valence-electron chi connectivity index (χ4n) is 3.48. The van der Waals surface area contributed by atoms with Crippen LogP contribution in [0.4, 0.5) is 11.5 Å². The van der Waals surface area contributed by atoms with E-state index in [4.69, 9.17) is 5.11 Å². The van der Waals surface area contributed by atoms with Gasteiger partial charge in [-0.2, -0.15) is 0 Å². The topological polar surface area (TPSA) is 104 Å². The van der Waals surface area contributed by atoms with Crippen LogP contribution < -0.4 is 10.0 Å². The lowest BCUT2D eigenvalue weighted by molar-refractivity contribution is 0.301. The Hall–Kier alpha value is -3.33. The summed E-state index contributed by atoms with van der Waals surface area (Å²) in [6, 6.07) is 20.9. The van der Waals surface area contributed by atoms with Crippen molar-refractivity contribution in [3.8, 4) is 11.3 Å². The van der Waals surface area contributed by atoms with Gasteiger partial charge in [-0.3, -0.25) is 0 Å². The quantitative estimate of drug-likeness (QED) is 0.396. The van der Waals surface area contributed by atoms with Gasteiger partial charge in [0.25, 0.3) is 0 Å². The Balaban J connectivity index is 1.79. The monoisotopic (exact) mass is 448 g/mol. The molecule has 1 heterocycles. The average molecular weight is 449 g/mol. The molecule has 4 rings (SSSR count). The molecule has 0 unspecified atom stereocenters. The van der Waals surface area contributed by atoms with Gasteiger partial charge in [0, 0.05) is 28.6 Å². The molecule has 0 aliphatic carbocycles. The van der Waals surface area contributed by atoms with E-state index < -0.39 is 10.0 Å². The summed E-state index contributed by atoms with van der Waals surface area (Å²) in [4.78, 5) is 0.149. The van der Waals surface area contributed by atoms with E-state index >= 15 is 0 Å². The van der Waals surface area contributed by atoms with Crippen molar-refractivity contribution in [2.45, 2.75) is 18.7 Å². The normalized spacial score (nSPS) is 11.6. The number of nitrogens with one attached hydrogen (secondary N) is 2. The van der Waals surface area contributed by atoms with Crippen LogP contribution in [0.5, 0.6) is 0 Å². The molecule has 164 valence electrons. The van der Waals surface area contributed by atoms with E-state index in [0.717, 1.165) is 16.5 Å². The first kappa shape index (κ1) is 21.9. The molecule has 1 aromatic heterocycles. The summed E-state index contributed by atoms with van der Waals surface area (Å²) in [6.45, 7) is 3.44. The van der Waals surface area contributed by atoms with Crippen molar-refractivity contribution in [1.82, 2.24) is 14.9 Å². The third-order valence-corrected chi connectivity index (χ3v) is 6.76. The van der Waals surface area contributed by atoms with Crippen molar-refractivity contribution < 1.29 is 13.5 Å². The average Bonchev–Trinajstić information content (AvgIpc) is 2.80. The second kappa shape index (κ2) is 9.04. The number of aliphatic hydroxyl groups is 1. The smallest absolute Gasteiger partial charge is 0.240 e. The van der Waals surface area contributed by atoms with E-state index in [1.54, 1.807) is 19.1 Å². The molecule has 0 bridgehead atoms. The maximum absolute atomic E-state index is 12.7. The first-order valence-electron chi connectivity index (χ1n) is 10.2. The number of aromatic nitrogens is 2. The largest absolute Gasteiger partial charge is 0.395 e. The van der Waals surface area contributed by atoms with Gasteiger partial charge < -0.3 is 10.4 Å². The zero-order valence-electron chi connectivity index (χ0n) is 17.8. The lowest BCUT2D eigenvalue weighted by Gasteiger charge is -2.13. The molecule has 0 fully saturated rings. The molecule has 0 radical (unpaired) electrons. The maximum Gasteiger partial charge on any atom is 0.240 e. The zero-order valence-corrected chi connectivity index (χ0v) is 18.6. The predicted octanol–water partition coefficient (Wildman–Crippen LogP) is 3.93. The molecule has 8 heteroatoms. The van der Waals surface area contributed by atoms with Crippen LogP contribution in [-0.2, 0) is 10.0 Å². The molecule has 0 saturated heterocycles. The fraction of sp³-hybridized carbons (Fsp3) is 0.167. The summed E-state index contributed by atoms with van der Waals surface area (Å²) in [6.07, 6.45) is 0. The van der Waals surface area contributed by atoms with Crippen LogP contribution >= 0.6 is 0 Å². The van der Waals surface area contributed by atoms with E-state index in [1.807, 2.05) is 61.5 Å². The third kappa shape index (κ3) is 4.47. The summed E-state index contributed by atoms with van der Waals surface area (Å²) in [7, 11) is -3.76. The van der Waals surface area contributed by atoms with Crippen LogP contribution in [0.15, 0.2) is 71.6 Å². The number of rotatable bonds is 7. The lowest BCUT2D eigenvalue weighted by Crippen LogP contribution is -2.27. The molecular weight excluding hydrogens is 424 g/mol. The Morgan fingerprint density at radius 3 is 2.34 bits per heavy atom. The maximum atomic E-state index is 12.7. The van der Waals surface area contributed by atoms with E-state index in [9.17, 15) is 8.42 Å². The van der Waals surface area contributed by atoms with Crippen LogP contribution in [0.2, 0.25) is 0 Å². The number of aryl methyl sites for hydroxylation is 2. The van der Waals surface area contributed by atoms with Crippen molar-refractivity contribution in [3.05, 3.63) is 77.9 Å². The lowest BCUT2D eigenvalue weighted by atomic mass is 10.0. The fourth-order valence-corrected chi connectivity index (χ4v) is 4.77. The molecule has 7 nitrogen and oxygen atoms in total. The number of aliphatic hydroxyl groups excluding tert-OH is 1. The number of fused-ring (bicyclic) bond motifs is 1. The molecule has 3 N–H and O–H groups in total. The van der Waals surface area contributed by atoms with E-state index in [-0.39, 0.29) is 18.0 Å². The zero-order chi connectivity index (χ0) is 22.7. The van der Waals surface area contributed by atoms with E-state index in [2.05, 4.69) is 20.2 Å². The van der Waals surface area contributed by atoms with Crippen LogP contribution in [0.1, 0.15) is 11.1 Å². The van der Waals surface area contributed by atoms with Gasteiger partial charge in [0.05, 0.1) is 11.5 Å². The second-order valence-electron chi connectivity index (χ2n) is 7.54. The highest BCUT2D eigenvalue weighted by Crippen LogP contribution is 2.32. The highest BCUT2D eigenvalue weighted by molar-refractivity contribution is 7.89. The van der Waals surface area contributed by atoms with Crippen LogP contribution in [0.25, 0.3) is 22.0 Å². The minimum absolute atomic E-state index is 0.0475. The molecular formula is C24H24N4O3S. The number of nitrogens with zero attached hydrogens (tertiary/aromatic N) is 2. The van der Waals surface area contributed by atoms with Crippen LogP contribution in [-0.4, -0.2) is 36.9 Å². The Labute approximate surface area is 187 Å². The minimum atomic E-state index is -3.76. The minimum Gasteiger partial charge on any atom is -0.395 e. The second-order valence-corrected chi connectivity index (χ2v) is 9.27. The Morgan fingerprint density at radius 1 is 0.906 bits per heavy atom. The molecule has 0 aliphatic rings. The van der Waals surface area contributed by atoms with Crippen molar-refractivity contribution >= 4 is 32.3 Å². The van der Waals surface area contributed by atoms with Gasteiger partial charge in [0.2, 0.25) is 10.0 Å². The van der Waals surface area contributed by atoms with Gasteiger partial charge >= 0.3 is 0 Å². The Bertz CT molecular complexity index is 1370. The summed E-state index contributed by atoms with van der Waals surface area (Å²) < 4.78 is 27.7. The Morgan fingerprint density at radius 2 is 1.62 bits per heavy atom.